The van der Waals surface area contributed by atoms with E-state index in [9.17, 15) is 0 Å². The summed E-state index contributed by atoms with van der Waals surface area (Å²) in [5.74, 6) is 0.311. The smallest absolute Gasteiger partial charge is 0.0464 e. The lowest BCUT2D eigenvalue weighted by atomic mass is 9.60. The first-order valence-electron chi connectivity index (χ1n) is 12.6. The minimum Gasteiger partial charge on any atom is -0.102 e. The van der Waals surface area contributed by atoms with Crippen molar-refractivity contribution in [3.05, 3.63) is 69.9 Å². The van der Waals surface area contributed by atoms with Crippen LogP contribution in [0.3, 0.4) is 0 Å². The van der Waals surface area contributed by atoms with Crippen molar-refractivity contribution >= 4 is 0 Å². The predicted molar refractivity (Wildman–Crippen MR) is 143 cm³/mol. The highest BCUT2D eigenvalue weighted by molar-refractivity contribution is 5.76. The van der Waals surface area contributed by atoms with E-state index in [0.29, 0.717) is 5.92 Å². The van der Waals surface area contributed by atoms with Crippen molar-refractivity contribution in [1.82, 2.24) is 0 Å². The molecule has 32 heavy (non-hydrogen) atoms. The molecule has 0 aromatic carbocycles. The molecule has 0 aromatic rings. The summed E-state index contributed by atoms with van der Waals surface area (Å²) in [6, 6.07) is 0. The van der Waals surface area contributed by atoms with Crippen LogP contribution in [-0.4, -0.2) is 0 Å². The van der Waals surface area contributed by atoms with Gasteiger partial charge in [0.05, 0.1) is 0 Å². The summed E-state index contributed by atoms with van der Waals surface area (Å²) < 4.78 is 0. The molecule has 2 atom stereocenters. The van der Waals surface area contributed by atoms with E-state index in [-0.39, 0.29) is 27.1 Å². The standard InChI is InChI=1S/C32H48/c1-15-21-22(16-2)32(19-20(28(3,4)5)17-25(32)31(12,13)14)27-24(30(9,10)11)18-23(26(21)27)29(6,7)8/h16-19,22H,2,15H2,1,3-14H3. The molecule has 0 bridgehead atoms. The maximum atomic E-state index is 4.43. The van der Waals surface area contributed by atoms with Gasteiger partial charge in [-0.25, -0.2) is 0 Å². The summed E-state index contributed by atoms with van der Waals surface area (Å²) in [6.07, 6.45) is 11.1. The summed E-state index contributed by atoms with van der Waals surface area (Å²) in [5, 5.41) is 0. The van der Waals surface area contributed by atoms with Crippen LogP contribution in [0.2, 0.25) is 0 Å². The lowest BCUT2D eigenvalue weighted by Crippen LogP contribution is -2.34. The van der Waals surface area contributed by atoms with Gasteiger partial charge in [0.1, 0.15) is 0 Å². The lowest BCUT2D eigenvalue weighted by Gasteiger charge is -2.42. The largest absolute Gasteiger partial charge is 0.102 e. The van der Waals surface area contributed by atoms with Crippen molar-refractivity contribution in [1.29, 1.82) is 0 Å². The summed E-state index contributed by atoms with van der Waals surface area (Å²) >= 11 is 0. The first-order chi connectivity index (χ1) is 14.3. The molecule has 3 rings (SSSR count). The Kier molecular flexibility index (Phi) is 5.65. The monoisotopic (exact) mass is 432 g/mol. The highest BCUT2D eigenvalue weighted by Crippen LogP contribution is 2.69. The third-order valence-corrected chi connectivity index (χ3v) is 7.71. The Morgan fingerprint density at radius 1 is 0.812 bits per heavy atom. The number of rotatable bonds is 2. The van der Waals surface area contributed by atoms with Crippen LogP contribution in [0.5, 0.6) is 0 Å². The van der Waals surface area contributed by atoms with Gasteiger partial charge >= 0.3 is 0 Å². The molecule has 0 amide bonds. The second-order valence-corrected chi connectivity index (χ2v) is 14.3. The molecule has 0 saturated heterocycles. The van der Waals surface area contributed by atoms with E-state index in [4.69, 9.17) is 0 Å². The molecule has 2 unspecified atom stereocenters. The second-order valence-electron chi connectivity index (χ2n) is 14.3. The van der Waals surface area contributed by atoms with Gasteiger partial charge in [0, 0.05) is 11.3 Å². The highest BCUT2D eigenvalue weighted by Gasteiger charge is 2.58. The fourth-order valence-electron chi connectivity index (χ4n) is 6.19. The molecule has 0 heteroatoms. The summed E-state index contributed by atoms with van der Waals surface area (Å²) in [6.45, 7) is 35.3. The van der Waals surface area contributed by atoms with Crippen molar-refractivity contribution in [3.63, 3.8) is 0 Å². The quantitative estimate of drug-likeness (QED) is 0.381. The third kappa shape index (κ3) is 3.57. The van der Waals surface area contributed by atoms with E-state index >= 15 is 0 Å². The molecule has 3 aliphatic carbocycles. The zero-order valence-corrected chi connectivity index (χ0v) is 23.3. The average Bonchev–Trinajstić information content (AvgIpc) is 3.23. The minimum atomic E-state index is -0.130. The Balaban J connectivity index is 2.52. The zero-order valence-electron chi connectivity index (χ0n) is 23.3. The van der Waals surface area contributed by atoms with E-state index in [0.717, 1.165) is 6.42 Å². The van der Waals surface area contributed by atoms with Crippen LogP contribution >= 0.6 is 0 Å². The number of hydrogen-bond donors (Lipinski definition) is 0. The van der Waals surface area contributed by atoms with Crippen molar-refractivity contribution in [3.8, 4) is 0 Å². The Hall–Kier alpha value is -1.56. The second kappa shape index (κ2) is 7.22. The molecule has 0 N–H and O–H groups in total. The van der Waals surface area contributed by atoms with E-state index < -0.39 is 0 Å². The maximum absolute atomic E-state index is 4.43. The van der Waals surface area contributed by atoms with Crippen molar-refractivity contribution < 1.29 is 0 Å². The topological polar surface area (TPSA) is 0 Å². The molecule has 3 aliphatic rings. The fourth-order valence-corrected chi connectivity index (χ4v) is 6.19. The van der Waals surface area contributed by atoms with Gasteiger partial charge in [-0.15, -0.1) is 6.58 Å². The van der Waals surface area contributed by atoms with Crippen LogP contribution in [0.4, 0.5) is 0 Å². The zero-order chi connectivity index (χ0) is 24.7. The summed E-state index contributed by atoms with van der Waals surface area (Å²) in [7, 11) is 0. The van der Waals surface area contributed by atoms with Crippen LogP contribution in [-0.2, 0) is 0 Å². The number of fused-ring (bicyclic) bond motifs is 2. The molecule has 0 fully saturated rings. The van der Waals surface area contributed by atoms with E-state index in [1.54, 1.807) is 22.3 Å². The Bertz CT molecular complexity index is 984. The molecule has 0 saturated carbocycles. The molecule has 1 spiro atoms. The molecule has 0 radical (unpaired) electrons. The van der Waals surface area contributed by atoms with Crippen molar-refractivity contribution in [2.75, 3.05) is 0 Å². The molecule has 0 aliphatic heterocycles. The van der Waals surface area contributed by atoms with Gasteiger partial charge < -0.3 is 0 Å². The van der Waals surface area contributed by atoms with Gasteiger partial charge in [0.15, 0.2) is 0 Å². The predicted octanol–water partition coefficient (Wildman–Crippen LogP) is 9.78. The summed E-state index contributed by atoms with van der Waals surface area (Å²) in [5.41, 5.74) is 11.0. The van der Waals surface area contributed by atoms with Crippen molar-refractivity contribution in [2.24, 2.45) is 33.0 Å². The highest BCUT2D eigenvalue weighted by atomic mass is 14.6. The third-order valence-electron chi connectivity index (χ3n) is 7.71. The van der Waals surface area contributed by atoms with Crippen LogP contribution < -0.4 is 0 Å². The van der Waals surface area contributed by atoms with E-state index in [1.165, 1.54) is 16.7 Å². The molecular formula is C32H48. The number of hydrogen-bond acceptors (Lipinski definition) is 0. The fraction of sp³-hybridized carbons (Fsp3) is 0.625. The number of allylic oxidation sites excluding steroid dienone is 11. The van der Waals surface area contributed by atoms with Gasteiger partial charge in [0.2, 0.25) is 0 Å². The minimum absolute atomic E-state index is 0.0690. The molecule has 0 nitrogen and oxygen atoms in total. The van der Waals surface area contributed by atoms with E-state index in [1.807, 2.05) is 0 Å². The van der Waals surface area contributed by atoms with Gasteiger partial charge in [-0.05, 0) is 61.5 Å². The first kappa shape index (κ1) is 25.1. The Morgan fingerprint density at radius 2 is 1.38 bits per heavy atom. The van der Waals surface area contributed by atoms with Gasteiger partial charge in [-0.3, -0.25) is 0 Å². The Morgan fingerprint density at radius 3 is 1.75 bits per heavy atom. The molecular weight excluding hydrogens is 384 g/mol. The van der Waals surface area contributed by atoms with Gasteiger partial charge in [-0.2, -0.15) is 0 Å². The molecule has 176 valence electrons. The first-order valence-corrected chi connectivity index (χ1v) is 12.6. The van der Waals surface area contributed by atoms with Crippen LogP contribution in [0.1, 0.15) is 96.4 Å². The lowest BCUT2D eigenvalue weighted by molar-refractivity contribution is 0.356. The normalized spacial score (nSPS) is 26.7. The summed E-state index contributed by atoms with van der Waals surface area (Å²) in [4.78, 5) is 0. The van der Waals surface area contributed by atoms with Crippen molar-refractivity contribution in [2.45, 2.75) is 96.4 Å². The van der Waals surface area contributed by atoms with Gasteiger partial charge in [-0.1, -0.05) is 120 Å². The molecule has 0 aromatic heterocycles. The van der Waals surface area contributed by atoms with Crippen LogP contribution in [0.25, 0.3) is 0 Å². The Labute approximate surface area is 199 Å². The van der Waals surface area contributed by atoms with Gasteiger partial charge in [0.25, 0.3) is 0 Å². The van der Waals surface area contributed by atoms with Crippen LogP contribution in [0, 0.1) is 33.0 Å². The molecule has 0 heterocycles. The maximum Gasteiger partial charge on any atom is 0.0464 e. The van der Waals surface area contributed by atoms with E-state index in [2.05, 4.69) is 121 Å². The SMILES string of the molecule is C=CC1C(CC)=C2C(C(C)(C)C)=CC(C(C)(C)C)=C2C12C=C(C(C)(C)C)C=C2C(C)(C)C. The van der Waals surface area contributed by atoms with Crippen LogP contribution in [0.15, 0.2) is 69.9 Å². The average molecular weight is 433 g/mol.